The van der Waals surface area contributed by atoms with E-state index in [1.54, 1.807) is 6.20 Å². The van der Waals surface area contributed by atoms with Crippen molar-refractivity contribution in [1.29, 1.82) is 0 Å². The van der Waals surface area contributed by atoms with Gasteiger partial charge < -0.3 is 4.98 Å². The van der Waals surface area contributed by atoms with Gasteiger partial charge in [0.05, 0.1) is 5.69 Å². The van der Waals surface area contributed by atoms with E-state index in [1.165, 1.54) is 0 Å². The van der Waals surface area contributed by atoms with E-state index >= 15 is 0 Å². The Morgan fingerprint density at radius 1 is 1.25 bits per heavy atom. The number of aromatic nitrogens is 3. The molecule has 0 atom stereocenters. The number of nitrogens with one attached hydrogen (secondary N) is 1. The smallest absolute Gasteiger partial charge is 0.133 e. The maximum Gasteiger partial charge on any atom is 0.133 e. The molecule has 0 radical (unpaired) electrons. The Balaban J connectivity index is 2.69. The van der Waals surface area contributed by atoms with Crippen LogP contribution in [0.15, 0.2) is 18.3 Å². The predicted molar refractivity (Wildman–Crippen MR) is 66.9 cm³/mol. The maximum atomic E-state index is 5.21. The summed E-state index contributed by atoms with van der Waals surface area (Å²) in [6.45, 7) is 5.87. The molecular formula is C12H13N3S. The number of H-pyrrole nitrogens is 1. The number of hydrogen-bond acceptors (Lipinski definition) is 3. The lowest BCUT2D eigenvalue weighted by atomic mass is 10.1. The largest absolute Gasteiger partial charge is 0.343 e. The third-order valence-corrected chi connectivity index (χ3v) is 2.85. The highest BCUT2D eigenvalue weighted by molar-refractivity contribution is 7.71. The van der Waals surface area contributed by atoms with E-state index in [2.05, 4.69) is 15.0 Å². The van der Waals surface area contributed by atoms with Crippen LogP contribution in [0.5, 0.6) is 0 Å². The second-order valence-corrected chi connectivity index (χ2v) is 4.20. The molecule has 16 heavy (non-hydrogen) atoms. The summed E-state index contributed by atoms with van der Waals surface area (Å²) in [6.07, 6.45) is 1.80. The van der Waals surface area contributed by atoms with Gasteiger partial charge in [0, 0.05) is 23.0 Å². The van der Waals surface area contributed by atoms with E-state index in [-0.39, 0.29) is 0 Å². The van der Waals surface area contributed by atoms with Gasteiger partial charge in [-0.05, 0) is 32.9 Å². The molecule has 0 unspecified atom stereocenters. The highest BCUT2D eigenvalue weighted by Gasteiger charge is 2.05. The first kappa shape index (κ1) is 11.0. The fourth-order valence-corrected chi connectivity index (χ4v) is 1.87. The number of hydrogen-bond donors (Lipinski definition) is 1. The molecule has 0 aliphatic heterocycles. The molecule has 4 heteroatoms. The molecule has 2 aromatic heterocycles. The lowest BCUT2D eigenvalue weighted by Gasteiger charge is -2.08. The molecule has 2 heterocycles. The number of nitrogens with zero attached hydrogens (tertiary/aromatic N) is 2. The van der Waals surface area contributed by atoms with Gasteiger partial charge in [-0.15, -0.1) is 0 Å². The van der Waals surface area contributed by atoms with Crippen molar-refractivity contribution in [3.63, 3.8) is 0 Å². The highest BCUT2D eigenvalue weighted by Crippen LogP contribution is 2.21. The second kappa shape index (κ2) is 4.14. The number of aromatic amines is 1. The maximum absolute atomic E-state index is 5.21. The Labute approximate surface area is 99.6 Å². The monoisotopic (exact) mass is 231 g/mol. The summed E-state index contributed by atoms with van der Waals surface area (Å²) in [5.74, 6) is 0.833. The van der Waals surface area contributed by atoms with Crippen molar-refractivity contribution in [1.82, 2.24) is 15.0 Å². The minimum Gasteiger partial charge on any atom is -0.343 e. The van der Waals surface area contributed by atoms with Gasteiger partial charge in [-0.1, -0.05) is 12.2 Å². The Morgan fingerprint density at radius 3 is 2.69 bits per heavy atom. The lowest BCUT2D eigenvalue weighted by Crippen LogP contribution is -1.96. The summed E-state index contributed by atoms with van der Waals surface area (Å²) >= 11 is 5.21. The summed E-state index contributed by atoms with van der Waals surface area (Å²) in [5.41, 5.74) is 4.13. The van der Waals surface area contributed by atoms with E-state index in [9.17, 15) is 0 Å². The van der Waals surface area contributed by atoms with Crippen LogP contribution in [0.2, 0.25) is 0 Å². The first-order chi connectivity index (χ1) is 7.58. The summed E-state index contributed by atoms with van der Waals surface area (Å²) < 4.78 is 0.653. The van der Waals surface area contributed by atoms with Crippen LogP contribution in [-0.2, 0) is 0 Å². The zero-order chi connectivity index (χ0) is 11.7. The summed E-state index contributed by atoms with van der Waals surface area (Å²) in [4.78, 5) is 11.7. The lowest BCUT2D eigenvalue weighted by molar-refractivity contribution is 1.02. The van der Waals surface area contributed by atoms with Crippen LogP contribution in [0.4, 0.5) is 0 Å². The predicted octanol–water partition coefficient (Wildman–Crippen LogP) is 3.13. The van der Waals surface area contributed by atoms with E-state index in [1.807, 2.05) is 32.9 Å². The van der Waals surface area contributed by atoms with E-state index in [0.29, 0.717) is 4.64 Å². The van der Waals surface area contributed by atoms with Crippen molar-refractivity contribution < 1.29 is 0 Å². The van der Waals surface area contributed by atoms with Crippen LogP contribution in [0.1, 0.15) is 17.1 Å². The Hall–Kier alpha value is -1.55. The quantitative estimate of drug-likeness (QED) is 0.767. The molecule has 0 saturated heterocycles. The SMILES string of the molecule is Cc1cc(-c2[nH]c(C)nc(=S)c2C)ccn1. The minimum absolute atomic E-state index is 0.653. The summed E-state index contributed by atoms with van der Waals surface area (Å²) in [6, 6.07) is 4.01. The molecule has 1 N–H and O–H groups in total. The molecule has 0 spiro atoms. The molecule has 0 fully saturated rings. The number of rotatable bonds is 1. The molecule has 0 bridgehead atoms. The van der Waals surface area contributed by atoms with Gasteiger partial charge in [-0.2, -0.15) is 0 Å². The molecule has 0 aliphatic rings. The molecule has 2 aromatic rings. The third-order valence-electron chi connectivity index (χ3n) is 2.46. The van der Waals surface area contributed by atoms with Crippen molar-refractivity contribution in [3.8, 4) is 11.3 Å². The number of pyridine rings is 1. The Bertz CT molecular complexity index is 587. The molecule has 0 aromatic carbocycles. The van der Waals surface area contributed by atoms with E-state index < -0.39 is 0 Å². The summed E-state index contributed by atoms with van der Waals surface area (Å²) in [7, 11) is 0. The minimum atomic E-state index is 0.653. The first-order valence-corrected chi connectivity index (χ1v) is 5.49. The van der Waals surface area contributed by atoms with Gasteiger partial charge >= 0.3 is 0 Å². The van der Waals surface area contributed by atoms with E-state index in [0.717, 1.165) is 28.3 Å². The van der Waals surface area contributed by atoms with Gasteiger partial charge in [0.15, 0.2) is 0 Å². The summed E-state index contributed by atoms with van der Waals surface area (Å²) in [5, 5.41) is 0. The van der Waals surface area contributed by atoms with Gasteiger partial charge in [-0.25, -0.2) is 4.98 Å². The van der Waals surface area contributed by atoms with Crippen molar-refractivity contribution >= 4 is 12.2 Å². The molecule has 0 amide bonds. The molecule has 3 nitrogen and oxygen atoms in total. The van der Waals surface area contributed by atoms with Crippen LogP contribution in [0.25, 0.3) is 11.3 Å². The fourth-order valence-electron chi connectivity index (χ4n) is 1.64. The van der Waals surface area contributed by atoms with E-state index in [4.69, 9.17) is 12.2 Å². The molecule has 0 aliphatic carbocycles. The second-order valence-electron chi connectivity index (χ2n) is 3.81. The van der Waals surface area contributed by atoms with Gasteiger partial charge in [0.2, 0.25) is 0 Å². The van der Waals surface area contributed by atoms with Gasteiger partial charge in [0.1, 0.15) is 10.5 Å². The molecular weight excluding hydrogens is 218 g/mol. The average molecular weight is 231 g/mol. The highest BCUT2D eigenvalue weighted by atomic mass is 32.1. The molecule has 2 rings (SSSR count). The van der Waals surface area contributed by atoms with Crippen LogP contribution >= 0.6 is 12.2 Å². The van der Waals surface area contributed by atoms with Crippen molar-refractivity contribution in [2.75, 3.05) is 0 Å². The van der Waals surface area contributed by atoms with Crippen LogP contribution in [0.3, 0.4) is 0 Å². The topological polar surface area (TPSA) is 41.6 Å². The third kappa shape index (κ3) is 2.02. The zero-order valence-corrected chi connectivity index (χ0v) is 10.4. The van der Waals surface area contributed by atoms with Crippen molar-refractivity contribution in [3.05, 3.63) is 40.1 Å². The number of aryl methyl sites for hydroxylation is 2. The Kier molecular flexibility index (Phi) is 2.83. The Morgan fingerprint density at radius 2 is 2.00 bits per heavy atom. The first-order valence-electron chi connectivity index (χ1n) is 5.08. The average Bonchev–Trinajstić information content (AvgIpc) is 2.23. The molecule has 82 valence electrons. The van der Waals surface area contributed by atoms with Gasteiger partial charge in [-0.3, -0.25) is 4.98 Å². The van der Waals surface area contributed by atoms with Crippen LogP contribution in [0, 0.1) is 25.4 Å². The van der Waals surface area contributed by atoms with Crippen molar-refractivity contribution in [2.45, 2.75) is 20.8 Å². The van der Waals surface area contributed by atoms with Crippen LogP contribution < -0.4 is 0 Å². The van der Waals surface area contributed by atoms with Gasteiger partial charge in [0.25, 0.3) is 0 Å². The standard InChI is InChI=1S/C12H13N3S/c1-7-6-10(4-5-13-7)11-8(2)12(16)15-9(3)14-11/h4-6H,1-3H3,(H,14,15,16). The molecule has 0 saturated carbocycles. The van der Waals surface area contributed by atoms with Crippen molar-refractivity contribution in [2.24, 2.45) is 0 Å². The fraction of sp³-hybridized carbons (Fsp3) is 0.250. The zero-order valence-electron chi connectivity index (χ0n) is 9.53. The normalized spacial score (nSPS) is 10.4. The van der Waals surface area contributed by atoms with Crippen LogP contribution in [-0.4, -0.2) is 15.0 Å².